The van der Waals surface area contributed by atoms with Crippen LogP contribution in [0.3, 0.4) is 0 Å². The Balaban J connectivity index is 1.84. The molecule has 0 bridgehead atoms. The van der Waals surface area contributed by atoms with Gasteiger partial charge in [-0.05, 0) is 18.6 Å². The van der Waals surface area contributed by atoms with Gasteiger partial charge in [-0.3, -0.25) is 14.5 Å². The zero-order chi connectivity index (χ0) is 15.1. The average molecular weight is 286 g/mol. The molecule has 0 unspecified atom stereocenters. The summed E-state index contributed by atoms with van der Waals surface area (Å²) in [5.41, 5.74) is 0.971. The van der Waals surface area contributed by atoms with Gasteiger partial charge in [0.15, 0.2) is 0 Å². The Labute approximate surface area is 123 Å². The molecular weight excluding hydrogens is 268 g/mol. The van der Waals surface area contributed by atoms with Crippen LogP contribution in [0, 0.1) is 11.3 Å². The van der Waals surface area contributed by atoms with Gasteiger partial charge in [-0.2, -0.15) is 5.26 Å². The number of carbonyl (C=O) groups is 2. The molecule has 1 aliphatic rings. The van der Waals surface area contributed by atoms with Crippen molar-refractivity contribution < 1.29 is 9.59 Å². The van der Waals surface area contributed by atoms with Crippen LogP contribution in [0.25, 0.3) is 0 Å². The summed E-state index contributed by atoms with van der Waals surface area (Å²) in [4.78, 5) is 25.3. The number of amides is 2. The fourth-order valence-corrected chi connectivity index (χ4v) is 2.22. The minimum Gasteiger partial charge on any atom is -0.355 e. The van der Waals surface area contributed by atoms with E-state index in [4.69, 9.17) is 5.26 Å². The number of rotatable bonds is 4. The third kappa shape index (κ3) is 4.58. The van der Waals surface area contributed by atoms with Crippen LogP contribution in [-0.2, 0) is 9.59 Å². The van der Waals surface area contributed by atoms with E-state index in [2.05, 4.69) is 10.6 Å². The molecule has 1 aromatic rings. The van der Waals surface area contributed by atoms with E-state index in [-0.39, 0.29) is 11.8 Å². The number of hydrogen-bond donors (Lipinski definition) is 2. The molecular formula is C15H18N4O2. The second-order valence-electron chi connectivity index (χ2n) is 4.94. The van der Waals surface area contributed by atoms with Gasteiger partial charge >= 0.3 is 0 Å². The smallest absolute Gasteiger partial charge is 0.234 e. The van der Waals surface area contributed by atoms with Crippen LogP contribution in [0.1, 0.15) is 18.4 Å². The lowest BCUT2D eigenvalue weighted by Gasteiger charge is -2.17. The van der Waals surface area contributed by atoms with Crippen LogP contribution in [0.15, 0.2) is 24.3 Å². The SMILES string of the molecule is N#Cc1ccccc1NC(=O)CCN1CCCNC(=O)C1. The second-order valence-corrected chi connectivity index (χ2v) is 4.94. The minimum atomic E-state index is -0.151. The lowest BCUT2D eigenvalue weighted by Crippen LogP contribution is -2.34. The van der Waals surface area contributed by atoms with Crippen molar-refractivity contribution in [2.45, 2.75) is 12.8 Å². The Morgan fingerprint density at radius 1 is 1.43 bits per heavy atom. The summed E-state index contributed by atoms with van der Waals surface area (Å²) >= 11 is 0. The van der Waals surface area contributed by atoms with Crippen molar-refractivity contribution in [3.63, 3.8) is 0 Å². The van der Waals surface area contributed by atoms with Gasteiger partial charge in [0.05, 0.1) is 17.8 Å². The highest BCUT2D eigenvalue weighted by atomic mass is 16.2. The first kappa shape index (κ1) is 15.0. The van der Waals surface area contributed by atoms with Crippen molar-refractivity contribution in [3.05, 3.63) is 29.8 Å². The largest absolute Gasteiger partial charge is 0.355 e. The van der Waals surface area contributed by atoms with Gasteiger partial charge in [0.2, 0.25) is 11.8 Å². The molecule has 2 rings (SSSR count). The molecule has 2 amide bonds. The third-order valence-corrected chi connectivity index (χ3v) is 3.32. The maximum Gasteiger partial charge on any atom is 0.234 e. The van der Waals surface area contributed by atoms with Gasteiger partial charge in [0.25, 0.3) is 0 Å². The Kier molecular flexibility index (Phi) is 5.29. The molecule has 1 saturated heterocycles. The number of benzene rings is 1. The average Bonchev–Trinajstić information content (AvgIpc) is 2.70. The maximum absolute atomic E-state index is 11.9. The molecule has 0 aromatic heterocycles. The standard InChI is InChI=1S/C15H18N4O2/c16-10-12-4-1-2-5-13(12)18-14(20)6-9-19-8-3-7-17-15(21)11-19/h1-2,4-5H,3,6-9,11H2,(H,17,21)(H,18,20). The molecule has 0 atom stereocenters. The summed E-state index contributed by atoms with van der Waals surface area (Å²) in [6.45, 7) is 2.37. The van der Waals surface area contributed by atoms with Crippen LogP contribution >= 0.6 is 0 Å². The van der Waals surface area contributed by atoms with Gasteiger partial charge in [0, 0.05) is 26.1 Å². The molecule has 0 radical (unpaired) electrons. The molecule has 6 heteroatoms. The lowest BCUT2D eigenvalue weighted by molar-refractivity contribution is -0.122. The van der Waals surface area contributed by atoms with E-state index in [9.17, 15) is 9.59 Å². The number of para-hydroxylation sites is 1. The summed E-state index contributed by atoms with van der Waals surface area (Å²) in [6, 6.07) is 8.94. The molecule has 1 aliphatic heterocycles. The van der Waals surface area contributed by atoms with E-state index in [1.807, 2.05) is 11.0 Å². The number of nitriles is 1. The Hall–Kier alpha value is -2.39. The van der Waals surface area contributed by atoms with Gasteiger partial charge in [-0.25, -0.2) is 0 Å². The summed E-state index contributed by atoms with van der Waals surface area (Å²) in [6.07, 6.45) is 1.19. The van der Waals surface area contributed by atoms with Crippen LogP contribution < -0.4 is 10.6 Å². The minimum absolute atomic E-state index is 0.00253. The molecule has 0 saturated carbocycles. The predicted molar refractivity (Wildman–Crippen MR) is 78.5 cm³/mol. The zero-order valence-corrected chi connectivity index (χ0v) is 11.8. The normalized spacial score (nSPS) is 15.7. The van der Waals surface area contributed by atoms with E-state index in [0.29, 0.717) is 37.3 Å². The topological polar surface area (TPSA) is 85.2 Å². The number of anilines is 1. The van der Waals surface area contributed by atoms with Gasteiger partial charge in [-0.15, -0.1) is 0 Å². The molecule has 0 aliphatic carbocycles. The molecule has 0 spiro atoms. The van der Waals surface area contributed by atoms with E-state index in [0.717, 1.165) is 13.0 Å². The third-order valence-electron chi connectivity index (χ3n) is 3.32. The van der Waals surface area contributed by atoms with Gasteiger partial charge < -0.3 is 10.6 Å². The van der Waals surface area contributed by atoms with Crippen LogP contribution in [-0.4, -0.2) is 42.9 Å². The monoisotopic (exact) mass is 286 g/mol. The summed E-state index contributed by atoms with van der Waals surface area (Å²) in [7, 11) is 0. The lowest BCUT2D eigenvalue weighted by atomic mass is 10.2. The molecule has 6 nitrogen and oxygen atoms in total. The van der Waals surface area contributed by atoms with Gasteiger partial charge in [-0.1, -0.05) is 12.1 Å². The first-order valence-electron chi connectivity index (χ1n) is 6.97. The Morgan fingerprint density at radius 2 is 2.24 bits per heavy atom. The highest BCUT2D eigenvalue weighted by molar-refractivity contribution is 5.92. The summed E-state index contributed by atoms with van der Waals surface area (Å²) in [5, 5.41) is 14.5. The molecule has 110 valence electrons. The van der Waals surface area contributed by atoms with Crippen molar-refractivity contribution >= 4 is 17.5 Å². The number of hydrogen-bond acceptors (Lipinski definition) is 4. The Morgan fingerprint density at radius 3 is 3.05 bits per heavy atom. The van der Waals surface area contributed by atoms with E-state index in [1.165, 1.54) is 0 Å². The van der Waals surface area contributed by atoms with Crippen molar-refractivity contribution in [3.8, 4) is 6.07 Å². The highest BCUT2D eigenvalue weighted by Crippen LogP contribution is 2.13. The molecule has 21 heavy (non-hydrogen) atoms. The highest BCUT2D eigenvalue weighted by Gasteiger charge is 2.15. The maximum atomic E-state index is 11.9. The summed E-state index contributed by atoms with van der Waals surface area (Å²) < 4.78 is 0. The van der Waals surface area contributed by atoms with E-state index in [1.54, 1.807) is 24.3 Å². The van der Waals surface area contributed by atoms with Crippen molar-refractivity contribution in [2.24, 2.45) is 0 Å². The number of nitrogens with zero attached hydrogens (tertiary/aromatic N) is 2. The van der Waals surface area contributed by atoms with Crippen molar-refractivity contribution in [1.29, 1.82) is 5.26 Å². The molecule has 1 aromatic carbocycles. The predicted octanol–water partition coefficient (Wildman–Crippen LogP) is 0.709. The molecule has 2 N–H and O–H groups in total. The molecule has 1 heterocycles. The molecule has 1 fully saturated rings. The summed E-state index contributed by atoms with van der Waals surface area (Å²) in [5.74, 6) is -0.148. The second kappa shape index (κ2) is 7.41. The van der Waals surface area contributed by atoms with Gasteiger partial charge in [0.1, 0.15) is 6.07 Å². The van der Waals surface area contributed by atoms with E-state index < -0.39 is 0 Å². The van der Waals surface area contributed by atoms with Crippen molar-refractivity contribution in [2.75, 3.05) is 31.5 Å². The fourth-order valence-electron chi connectivity index (χ4n) is 2.22. The Bertz CT molecular complexity index is 565. The van der Waals surface area contributed by atoms with Crippen LogP contribution in [0.2, 0.25) is 0 Å². The van der Waals surface area contributed by atoms with Crippen molar-refractivity contribution in [1.82, 2.24) is 10.2 Å². The fraction of sp³-hybridized carbons (Fsp3) is 0.400. The number of nitrogens with one attached hydrogen (secondary N) is 2. The van der Waals surface area contributed by atoms with Crippen LogP contribution in [0.5, 0.6) is 0 Å². The van der Waals surface area contributed by atoms with Crippen LogP contribution in [0.4, 0.5) is 5.69 Å². The quantitative estimate of drug-likeness (QED) is 0.853. The van der Waals surface area contributed by atoms with E-state index >= 15 is 0 Å². The zero-order valence-electron chi connectivity index (χ0n) is 11.8. The first-order valence-corrected chi connectivity index (χ1v) is 6.97. The first-order chi connectivity index (χ1) is 10.2. The number of carbonyl (C=O) groups excluding carboxylic acids is 2.